The molecule has 3 heterocycles. The van der Waals surface area contributed by atoms with Gasteiger partial charge in [0.15, 0.2) is 23.0 Å². The number of ether oxygens (including phenoxy) is 2. The Kier molecular flexibility index (Phi) is 4.66. The third kappa shape index (κ3) is 3.58. The first-order valence-corrected chi connectivity index (χ1v) is 9.09. The Morgan fingerprint density at radius 3 is 2.78 bits per heavy atom. The summed E-state index contributed by atoms with van der Waals surface area (Å²) in [5, 5.41) is 11.6. The summed E-state index contributed by atoms with van der Waals surface area (Å²) in [5.41, 5.74) is 1.64. The molecule has 2 aromatic heterocycles. The number of benzene rings is 1. The van der Waals surface area contributed by atoms with Crippen molar-refractivity contribution in [2.75, 3.05) is 13.2 Å². The summed E-state index contributed by atoms with van der Waals surface area (Å²) in [7, 11) is 0. The number of rotatable bonds is 5. The van der Waals surface area contributed by atoms with Crippen LogP contribution in [-0.2, 0) is 11.2 Å². The van der Waals surface area contributed by atoms with E-state index in [1.807, 2.05) is 47.0 Å². The second-order valence-corrected chi connectivity index (χ2v) is 6.93. The number of amides is 1. The molecule has 1 aromatic carbocycles. The summed E-state index contributed by atoms with van der Waals surface area (Å²) in [6, 6.07) is 11.1. The molecule has 0 spiro atoms. The Morgan fingerprint density at radius 2 is 1.96 bits per heavy atom. The molecule has 0 unspecified atom stereocenters. The van der Waals surface area contributed by atoms with Crippen molar-refractivity contribution in [3.63, 3.8) is 0 Å². The molecule has 0 fully saturated rings. The molecule has 3 aromatic rings. The largest absolute Gasteiger partial charge is 0.486 e. The molecule has 1 amide bonds. The van der Waals surface area contributed by atoms with Gasteiger partial charge in [-0.2, -0.15) is 0 Å². The number of nitrogens with zero attached hydrogens (tertiary/aromatic N) is 3. The fraction of sp³-hybridized carbons (Fsp3) is 0.350. The normalized spacial score (nSPS) is 14.3. The fourth-order valence-corrected chi connectivity index (χ4v) is 3.21. The highest BCUT2D eigenvalue weighted by atomic mass is 16.6. The average Bonchev–Trinajstić information content (AvgIpc) is 3.09. The minimum absolute atomic E-state index is 0.0712. The van der Waals surface area contributed by atoms with Crippen LogP contribution in [0, 0.1) is 5.92 Å². The fourth-order valence-electron chi connectivity index (χ4n) is 3.21. The predicted octanol–water partition coefficient (Wildman–Crippen LogP) is 2.56. The van der Waals surface area contributed by atoms with Gasteiger partial charge in [0, 0.05) is 6.20 Å². The van der Waals surface area contributed by atoms with Crippen molar-refractivity contribution in [3.8, 4) is 11.5 Å². The van der Waals surface area contributed by atoms with Gasteiger partial charge in [-0.15, -0.1) is 10.2 Å². The molecule has 0 saturated heterocycles. The van der Waals surface area contributed by atoms with Crippen LogP contribution in [0.15, 0.2) is 42.6 Å². The SMILES string of the molecule is CC(C)[C@H](NC(=O)Cc1ccc2c(c1)OCCO2)c1nnc2ccccn12. The van der Waals surface area contributed by atoms with Gasteiger partial charge in [-0.05, 0) is 35.7 Å². The quantitative estimate of drug-likeness (QED) is 0.751. The molecule has 1 aliphatic heterocycles. The first-order valence-electron chi connectivity index (χ1n) is 9.09. The highest BCUT2D eigenvalue weighted by Crippen LogP contribution is 2.31. The van der Waals surface area contributed by atoms with Crippen molar-refractivity contribution in [2.24, 2.45) is 5.92 Å². The van der Waals surface area contributed by atoms with Crippen LogP contribution in [0.5, 0.6) is 11.5 Å². The first-order chi connectivity index (χ1) is 13.1. The van der Waals surface area contributed by atoms with Crippen molar-refractivity contribution in [1.29, 1.82) is 0 Å². The van der Waals surface area contributed by atoms with Crippen LogP contribution >= 0.6 is 0 Å². The van der Waals surface area contributed by atoms with Gasteiger partial charge in [-0.3, -0.25) is 9.20 Å². The monoisotopic (exact) mass is 366 g/mol. The second-order valence-electron chi connectivity index (χ2n) is 6.93. The Morgan fingerprint density at radius 1 is 1.15 bits per heavy atom. The van der Waals surface area contributed by atoms with Crippen LogP contribution in [0.1, 0.15) is 31.3 Å². The zero-order chi connectivity index (χ0) is 18.8. The lowest BCUT2D eigenvalue weighted by molar-refractivity contribution is -0.121. The van der Waals surface area contributed by atoms with Crippen LogP contribution < -0.4 is 14.8 Å². The summed E-state index contributed by atoms with van der Waals surface area (Å²) in [6.07, 6.45) is 2.17. The number of carbonyl (C=O) groups excluding carboxylic acids is 1. The van der Waals surface area contributed by atoms with Crippen LogP contribution in [0.2, 0.25) is 0 Å². The summed E-state index contributed by atoms with van der Waals surface area (Å²) < 4.78 is 13.0. The molecule has 7 nitrogen and oxygen atoms in total. The van der Waals surface area contributed by atoms with E-state index < -0.39 is 0 Å². The first kappa shape index (κ1) is 17.3. The van der Waals surface area contributed by atoms with E-state index in [0.29, 0.717) is 19.0 Å². The molecule has 7 heteroatoms. The molecular formula is C20H22N4O3. The molecule has 27 heavy (non-hydrogen) atoms. The topological polar surface area (TPSA) is 77.8 Å². The van der Waals surface area contributed by atoms with Crippen LogP contribution in [0.3, 0.4) is 0 Å². The number of aromatic nitrogens is 3. The van der Waals surface area contributed by atoms with Crippen molar-refractivity contribution in [1.82, 2.24) is 19.9 Å². The zero-order valence-corrected chi connectivity index (χ0v) is 15.4. The maximum absolute atomic E-state index is 12.7. The Hall–Kier alpha value is -3.09. The van der Waals surface area contributed by atoms with Gasteiger partial charge in [0.1, 0.15) is 13.2 Å². The van der Waals surface area contributed by atoms with Crippen molar-refractivity contribution < 1.29 is 14.3 Å². The number of fused-ring (bicyclic) bond motifs is 2. The number of hydrogen-bond donors (Lipinski definition) is 1. The Labute approximate surface area is 157 Å². The van der Waals surface area contributed by atoms with Gasteiger partial charge in [0.2, 0.25) is 5.91 Å². The molecular weight excluding hydrogens is 344 g/mol. The van der Waals surface area contributed by atoms with E-state index in [9.17, 15) is 4.79 Å². The lowest BCUT2D eigenvalue weighted by Gasteiger charge is -2.21. The smallest absolute Gasteiger partial charge is 0.225 e. The van der Waals surface area contributed by atoms with Gasteiger partial charge in [0.25, 0.3) is 0 Å². The van der Waals surface area contributed by atoms with E-state index in [4.69, 9.17) is 9.47 Å². The molecule has 140 valence electrons. The second kappa shape index (κ2) is 7.26. The van der Waals surface area contributed by atoms with E-state index in [1.54, 1.807) is 0 Å². The van der Waals surface area contributed by atoms with E-state index >= 15 is 0 Å². The highest BCUT2D eigenvalue weighted by Gasteiger charge is 2.24. The predicted molar refractivity (Wildman–Crippen MR) is 99.8 cm³/mol. The van der Waals surface area contributed by atoms with Crippen molar-refractivity contribution in [3.05, 3.63) is 54.0 Å². The summed E-state index contributed by atoms with van der Waals surface area (Å²) in [4.78, 5) is 12.7. The molecule has 0 saturated carbocycles. The number of carbonyl (C=O) groups is 1. The molecule has 1 atom stereocenters. The maximum atomic E-state index is 12.7. The summed E-state index contributed by atoms with van der Waals surface area (Å²) in [6.45, 7) is 5.19. The van der Waals surface area contributed by atoms with Crippen molar-refractivity contribution >= 4 is 11.6 Å². The summed E-state index contributed by atoms with van der Waals surface area (Å²) >= 11 is 0. The minimum atomic E-state index is -0.230. The Bertz CT molecular complexity index is 967. The third-order valence-corrected chi connectivity index (χ3v) is 4.57. The summed E-state index contributed by atoms with van der Waals surface area (Å²) in [5.74, 6) is 2.24. The van der Waals surface area contributed by atoms with Crippen LogP contribution in [0.25, 0.3) is 5.65 Å². The number of hydrogen-bond acceptors (Lipinski definition) is 5. The lowest BCUT2D eigenvalue weighted by atomic mass is 10.0. The van der Waals surface area contributed by atoms with Crippen molar-refractivity contribution in [2.45, 2.75) is 26.3 Å². The molecule has 0 bridgehead atoms. The highest BCUT2D eigenvalue weighted by molar-refractivity contribution is 5.79. The van der Waals surface area contributed by atoms with Gasteiger partial charge in [0.05, 0.1) is 12.5 Å². The molecule has 1 aliphatic rings. The average molecular weight is 366 g/mol. The maximum Gasteiger partial charge on any atom is 0.225 e. The molecule has 0 aliphatic carbocycles. The van der Waals surface area contributed by atoms with E-state index in [1.165, 1.54) is 0 Å². The van der Waals surface area contributed by atoms with E-state index in [0.717, 1.165) is 22.8 Å². The number of pyridine rings is 1. The van der Waals surface area contributed by atoms with Gasteiger partial charge < -0.3 is 14.8 Å². The number of nitrogens with one attached hydrogen (secondary N) is 1. The third-order valence-electron chi connectivity index (χ3n) is 4.57. The minimum Gasteiger partial charge on any atom is -0.486 e. The van der Waals surface area contributed by atoms with E-state index in [-0.39, 0.29) is 24.3 Å². The van der Waals surface area contributed by atoms with Crippen LogP contribution in [-0.4, -0.2) is 33.7 Å². The standard InChI is InChI=1S/C20H22N4O3/c1-13(2)19(20-23-22-17-5-3-4-8-24(17)20)21-18(25)12-14-6-7-15-16(11-14)27-10-9-26-15/h3-8,11,13,19H,9-10,12H2,1-2H3,(H,21,25)/t19-/m0/s1. The molecule has 0 radical (unpaired) electrons. The Balaban J connectivity index is 1.51. The lowest BCUT2D eigenvalue weighted by Crippen LogP contribution is -2.34. The molecule has 1 N–H and O–H groups in total. The zero-order valence-electron chi connectivity index (χ0n) is 15.4. The molecule has 4 rings (SSSR count). The van der Waals surface area contributed by atoms with E-state index in [2.05, 4.69) is 29.4 Å². The van der Waals surface area contributed by atoms with Crippen LogP contribution in [0.4, 0.5) is 0 Å². The van der Waals surface area contributed by atoms with Gasteiger partial charge in [-0.1, -0.05) is 26.0 Å². The van der Waals surface area contributed by atoms with Gasteiger partial charge >= 0.3 is 0 Å². The van der Waals surface area contributed by atoms with Gasteiger partial charge in [-0.25, -0.2) is 0 Å².